The molecule has 0 aliphatic carbocycles. The number of hydrogen-bond donors (Lipinski definition) is 0. The van der Waals surface area contributed by atoms with Crippen molar-refractivity contribution in [3.63, 3.8) is 0 Å². The maximum atomic E-state index is 14.1. The average Bonchev–Trinajstić information content (AvgIpc) is 3.47. The van der Waals surface area contributed by atoms with Gasteiger partial charge in [0, 0.05) is 5.39 Å². The van der Waals surface area contributed by atoms with Crippen molar-refractivity contribution < 1.29 is 28.6 Å². The summed E-state index contributed by atoms with van der Waals surface area (Å²) in [5, 5.41) is 3.41. The second-order valence-electron chi connectivity index (χ2n) is 9.13. The molecule has 2 aliphatic heterocycles. The summed E-state index contributed by atoms with van der Waals surface area (Å²) in [7, 11) is 4.61. The number of carbonyl (C=O) groups excluding carboxylic acids is 2. The molecule has 0 bridgehead atoms. The summed E-state index contributed by atoms with van der Waals surface area (Å²) in [6.07, 6.45) is -0.995. The largest absolute Gasteiger partial charge is 0.493 e. The Balaban J connectivity index is 1.50. The monoisotopic (exact) mass is 510 g/mol. The summed E-state index contributed by atoms with van der Waals surface area (Å²) < 4.78 is 16.7. The molecule has 2 heterocycles. The average molecular weight is 511 g/mol. The molecule has 2 saturated heterocycles. The van der Waals surface area contributed by atoms with E-state index in [-0.39, 0.29) is 5.91 Å². The number of hydrogen-bond acceptors (Lipinski definition) is 7. The molecule has 192 valence electrons. The molecule has 8 nitrogen and oxygen atoms in total. The van der Waals surface area contributed by atoms with Gasteiger partial charge in [-0.1, -0.05) is 54.6 Å². The van der Waals surface area contributed by atoms with Crippen LogP contribution in [0, 0.1) is 5.92 Å². The van der Waals surface area contributed by atoms with Gasteiger partial charge in [0.05, 0.1) is 38.7 Å². The Morgan fingerprint density at radius 1 is 0.737 bits per heavy atom. The van der Waals surface area contributed by atoms with Crippen LogP contribution in [-0.2, 0) is 14.4 Å². The molecule has 0 unspecified atom stereocenters. The molecule has 8 heteroatoms. The first-order valence-electron chi connectivity index (χ1n) is 12.2. The van der Waals surface area contributed by atoms with E-state index in [4.69, 9.17) is 19.0 Å². The summed E-state index contributed by atoms with van der Waals surface area (Å²) in [6.45, 7) is 0. The summed E-state index contributed by atoms with van der Waals surface area (Å²) in [5.41, 5.74) is 1.96. The van der Waals surface area contributed by atoms with Gasteiger partial charge in [0.25, 0.3) is 5.91 Å². The van der Waals surface area contributed by atoms with Crippen molar-refractivity contribution in [1.82, 2.24) is 0 Å². The van der Waals surface area contributed by atoms with Gasteiger partial charge in [-0.2, -0.15) is 0 Å². The second-order valence-corrected chi connectivity index (χ2v) is 9.13. The molecule has 4 aromatic carbocycles. The van der Waals surface area contributed by atoms with E-state index in [2.05, 4.69) is 0 Å². The fourth-order valence-corrected chi connectivity index (χ4v) is 5.47. The predicted octanol–water partition coefficient (Wildman–Crippen LogP) is 4.92. The molecule has 2 aliphatic rings. The Kier molecular flexibility index (Phi) is 5.88. The smallest absolute Gasteiger partial charge is 0.266 e. The summed E-state index contributed by atoms with van der Waals surface area (Å²) in [5.74, 6) is -0.195. The van der Waals surface area contributed by atoms with E-state index in [0.717, 1.165) is 16.5 Å². The van der Waals surface area contributed by atoms with Crippen LogP contribution < -0.4 is 24.2 Å². The van der Waals surface area contributed by atoms with Crippen molar-refractivity contribution >= 4 is 34.0 Å². The zero-order chi connectivity index (χ0) is 26.4. The van der Waals surface area contributed by atoms with Gasteiger partial charge in [0.1, 0.15) is 5.92 Å². The molecule has 0 N–H and O–H groups in total. The van der Waals surface area contributed by atoms with E-state index < -0.39 is 24.0 Å². The van der Waals surface area contributed by atoms with Gasteiger partial charge >= 0.3 is 0 Å². The molecule has 0 saturated carbocycles. The number of ether oxygens (including phenoxy) is 3. The maximum Gasteiger partial charge on any atom is 0.266 e. The van der Waals surface area contributed by atoms with E-state index in [9.17, 15) is 9.59 Å². The van der Waals surface area contributed by atoms with Crippen molar-refractivity contribution in [1.29, 1.82) is 0 Å². The van der Waals surface area contributed by atoms with Crippen LogP contribution in [0.2, 0.25) is 0 Å². The Morgan fingerprint density at radius 3 is 2.08 bits per heavy atom. The molecule has 0 radical (unpaired) electrons. The molecule has 2 fully saturated rings. The van der Waals surface area contributed by atoms with Crippen molar-refractivity contribution in [2.24, 2.45) is 5.92 Å². The predicted molar refractivity (Wildman–Crippen MR) is 143 cm³/mol. The molecule has 4 aromatic rings. The number of nitrogens with zero attached hydrogens (tertiary/aromatic N) is 2. The van der Waals surface area contributed by atoms with E-state index >= 15 is 0 Å². The van der Waals surface area contributed by atoms with Crippen LogP contribution in [0.3, 0.4) is 0 Å². The number of para-hydroxylation sites is 1. The highest BCUT2D eigenvalue weighted by molar-refractivity contribution is 6.26. The lowest BCUT2D eigenvalue weighted by molar-refractivity contribution is -0.126. The van der Waals surface area contributed by atoms with Gasteiger partial charge < -0.3 is 14.2 Å². The minimum absolute atomic E-state index is 0.325. The van der Waals surface area contributed by atoms with Gasteiger partial charge in [0.15, 0.2) is 17.6 Å². The lowest BCUT2D eigenvalue weighted by atomic mass is 9.90. The van der Waals surface area contributed by atoms with Gasteiger partial charge in [-0.15, -0.1) is 0 Å². The SMILES string of the molecule is COc1cc([C@H]2[C@@H]3C(=O)N(c4cccc5ccccc45)C(=O)[C@H]3ON2c2ccccc2)cc(OC)c1OC. The number of methoxy groups -OCH3 is 3. The Hall–Kier alpha value is -4.56. The molecular weight excluding hydrogens is 484 g/mol. The Labute approximate surface area is 219 Å². The summed E-state index contributed by atoms with van der Waals surface area (Å²) >= 11 is 0. The number of amides is 2. The number of benzene rings is 4. The first-order valence-corrected chi connectivity index (χ1v) is 12.2. The first kappa shape index (κ1) is 23.8. The molecule has 6 rings (SSSR count). The van der Waals surface area contributed by atoms with Crippen LogP contribution in [-0.4, -0.2) is 39.2 Å². The highest BCUT2D eigenvalue weighted by Gasteiger charge is 2.60. The van der Waals surface area contributed by atoms with Crippen molar-refractivity contribution in [3.05, 3.63) is 90.5 Å². The molecule has 38 heavy (non-hydrogen) atoms. The van der Waals surface area contributed by atoms with Gasteiger partial charge in [0.2, 0.25) is 11.7 Å². The van der Waals surface area contributed by atoms with Crippen LogP contribution in [0.4, 0.5) is 11.4 Å². The molecule has 0 spiro atoms. The fourth-order valence-electron chi connectivity index (χ4n) is 5.47. The normalized spacial score (nSPS) is 20.7. The van der Waals surface area contributed by atoms with Crippen LogP contribution in [0.25, 0.3) is 10.8 Å². The number of rotatable bonds is 6. The highest BCUT2D eigenvalue weighted by atomic mass is 16.7. The standard InChI is InChI=1S/C30H26N2O6/c1-35-23-16-19(17-24(36-2)27(23)37-3)26-25-28(38-32(26)20-12-5-4-6-13-20)30(34)31(29(25)33)22-15-9-11-18-10-7-8-14-21(18)22/h4-17,25-26,28H,1-3H3/t25-,26-,28-/m0/s1. The Bertz CT molecular complexity index is 1510. The van der Waals surface area contributed by atoms with E-state index in [0.29, 0.717) is 28.5 Å². The van der Waals surface area contributed by atoms with E-state index in [1.807, 2.05) is 66.7 Å². The summed E-state index contributed by atoms with van der Waals surface area (Å²) in [6, 6.07) is 25.7. The number of carbonyl (C=O) groups is 2. The van der Waals surface area contributed by atoms with Crippen molar-refractivity contribution in [2.45, 2.75) is 12.1 Å². The van der Waals surface area contributed by atoms with Crippen LogP contribution in [0.1, 0.15) is 11.6 Å². The minimum atomic E-state index is -0.995. The van der Waals surface area contributed by atoms with Gasteiger partial charge in [-0.25, -0.2) is 9.96 Å². The zero-order valence-corrected chi connectivity index (χ0v) is 21.2. The molecule has 0 aromatic heterocycles. The Morgan fingerprint density at radius 2 is 1.39 bits per heavy atom. The number of hydroxylamine groups is 1. The van der Waals surface area contributed by atoms with Crippen LogP contribution in [0.15, 0.2) is 84.9 Å². The molecule has 2 amide bonds. The minimum Gasteiger partial charge on any atom is -0.493 e. The first-order chi connectivity index (χ1) is 18.6. The van der Waals surface area contributed by atoms with Gasteiger partial charge in [-0.3, -0.25) is 14.4 Å². The fraction of sp³-hybridized carbons (Fsp3) is 0.200. The van der Waals surface area contributed by atoms with Gasteiger partial charge in [-0.05, 0) is 41.3 Å². The maximum absolute atomic E-state index is 14.1. The van der Waals surface area contributed by atoms with Crippen molar-refractivity contribution in [3.8, 4) is 17.2 Å². The third-order valence-electron chi connectivity index (χ3n) is 7.16. The van der Waals surface area contributed by atoms with E-state index in [1.165, 1.54) is 26.2 Å². The topological polar surface area (TPSA) is 77.5 Å². The third-order valence-corrected chi connectivity index (χ3v) is 7.16. The van der Waals surface area contributed by atoms with E-state index in [1.54, 1.807) is 23.3 Å². The zero-order valence-electron chi connectivity index (χ0n) is 21.2. The molecule has 3 atom stereocenters. The van der Waals surface area contributed by atoms with Crippen LogP contribution in [0.5, 0.6) is 17.2 Å². The van der Waals surface area contributed by atoms with Crippen LogP contribution >= 0.6 is 0 Å². The molecular formula is C30H26N2O6. The summed E-state index contributed by atoms with van der Waals surface area (Å²) in [4.78, 5) is 35.5. The van der Waals surface area contributed by atoms with Crippen molar-refractivity contribution in [2.75, 3.05) is 31.3 Å². The lowest BCUT2D eigenvalue weighted by Gasteiger charge is -2.29. The lowest BCUT2D eigenvalue weighted by Crippen LogP contribution is -2.37. The highest BCUT2D eigenvalue weighted by Crippen LogP contribution is 2.50. The third kappa shape index (κ3) is 3.56. The number of anilines is 2. The number of imide groups is 1. The quantitative estimate of drug-likeness (QED) is 0.341. The number of fused-ring (bicyclic) bond motifs is 2. The second kappa shape index (κ2) is 9.39.